The number of hydrogen-bond donors (Lipinski definition) is 2. The summed E-state index contributed by atoms with van der Waals surface area (Å²) in [6.45, 7) is 6.03. The lowest BCUT2D eigenvalue weighted by Crippen LogP contribution is -2.56. The number of halogens is 1. The van der Waals surface area contributed by atoms with Crippen molar-refractivity contribution in [3.8, 4) is 23.2 Å². The number of carbonyl (C=O) groups is 1. The third-order valence-corrected chi connectivity index (χ3v) is 9.70. The van der Waals surface area contributed by atoms with E-state index in [2.05, 4.69) is 48.3 Å². The molecule has 2 N–H and O–H groups in total. The van der Waals surface area contributed by atoms with Gasteiger partial charge in [-0.05, 0) is 61.7 Å². The number of nitriles is 1. The zero-order chi connectivity index (χ0) is 32.3. The highest BCUT2D eigenvalue weighted by Gasteiger charge is 2.38. The predicted octanol–water partition coefficient (Wildman–Crippen LogP) is 3.15. The Bertz CT molecular complexity index is 1610. The van der Waals surface area contributed by atoms with Crippen LogP contribution in [-0.4, -0.2) is 113 Å². The van der Waals surface area contributed by atoms with E-state index >= 15 is 4.39 Å². The van der Waals surface area contributed by atoms with Gasteiger partial charge in [-0.25, -0.2) is 14.4 Å². The lowest BCUT2D eigenvalue weighted by Gasteiger charge is -2.43. The average molecular weight is 643 g/mol. The van der Waals surface area contributed by atoms with Crippen molar-refractivity contribution in [3.05, 3.63) is 54.4 Å². The van der Waals surface area contributed by atoms with Crippen molar-refractivity contribution in [2.75, 3.05) is 62.7 Å². The Morgan fingerprint density at radius 2 is 1.85 bits per heavy atom. The van der Waals surface area contributed by atoms with Crippen molar-refractivity contribution < 1.29 is 23.8 Å². The lowest BCUT2D eigenvalue weighted by atomic mass is 10.0. The van der Waals surface area contributed by atoms with E-state index in [0.717, 1.165) is 45.1 Å². The first kappa shape index (κ1) is 31.2. The van der Waals surface area contributed by atoms with Crippen LogP contribution in [-0.2, 0) is 9.53 Å². The van der Waals surface area contributed by atoms with Crippen molar-refractivity contribution in [3.63, 3.8) is 0 Å². The van der Waals surface area contributed by atoms with Gasteiger partial charge in [-0.2, -0.15) is 10.2 Å². The van der Waals surface area contributed by atoms with E-state index in [9.17, 15) is 15.2 Å². The Labute approximate surface area is 273 Å². The first-order valence-corrected chi connectivity index (χ1v) is 16.4. The monoisotopic (exact) mass is 642 g/mol. The van der Waals surface area contributed by atoms with Crippen molar-refractivity contribution >= 4 is 23.2 Å². The van der Waals surface area contributed by atoms with Crippen LogP contribution < -0.4 is 15.0 Å². The number of piperidine rings is 1. The molecule has 1 saturated carbocycles. The van der Waals surface area contributed by atoms with Crippen LogP contribution in [0.4, 0.5) is 21.7 Å². The normalized spacial score (nSPS) is 25.2. The van der Waals surface area contributed by atoms with E-state index in [4.69, 9.17) is 9.47 Å². The minimum Gasteiger partial charge on any atom is -0.486 e. The second-order valence-electron chi connectivity index (χ2n) is 12.8. The summed E-state index contributed by atoms with van der Waals surface area (Å²) in [5, 5.41) is 22.9. The average Bonchev–Trinajstić information content (AvgIpc) is 3.51. The number of ether oxygens (including phenoxy) is 2. The molecule has 47 heavy (non-hydrogen) atoms. The van der Waals surface area contributed by atoms with E-state index in [1.54, 1.807) is 18.2 Å². The van der Waals surface area contributed by atoms with Gasteiger partial charge in [-0.15, -0.1) is 0 Å². The zero-order valence-corrected chi connectivity index (χ0v) is 26.2. The molecule has 4 aliphatic rings. The van der Waals surface area contributed by atoms with Gasteiger partial charge in [-0.1, -0.05) is 0 Å². The number of piperazine rings is 1. The molecular weight excluding hydrogens is 603 g/mol. The highest BCUT2D eigenvalue weighted by molar-refractivity contribution is 5.79. The molecule has 12 nitrogen and oxygen atoms in total. The minimum absolute atomic E-state index is 0.0625. The Morgan fingerprint density at radius 1 is 1.04 bits per heavy atom. The van der Waals surface area contributed by atoms with Crippen LogP contribution in [0.1, 0.15) is 31.2 Å². The Morgan fingerprint density at radius 3 is 2.53 bits per heavy atom. The summed E-state index contributed by atoms with van der Waals surface area (Å²) in [4.78, 5) is 32.4. The summed E-state index contributed by atoms with van der Waals surface area (Å²) >= 11 is 0. The summed E-state index contributed by atoms with van der Waals surface area (Å²) in [7, 11) is 0. The van der Waals surface area contributed by atoms with Crippen LogP contribution in [0.25, 0.3) is 11.4 Å². The highest BCUT2D eigenvalue weighted by Crippen LogP contribution is 2.31. The van der Waals surface area contributed by atoms with Crippen molar-refractivity contribution in [1.29, 1.82) is 5.26 Å². The van der Waals surface area contributed by atoms with Gasteiger partial charge in [0.2, 0.25) is 11.9 Å². The first-order chi connectivity index (χ1) is 22.9. The van der Waals surface area contributed by atoms with E-state index in [1.165, 1.54) is 16.9 Å². The van der Waals surface area contributed by atoms with E-state index in [1.807, 2.05) is 12.1 Å². The van der Waals surface area contributed by atoms with Crippen molar-refractivity contribution in [1.82, 2.24) is 24.8 Å². The van der Waals surface area contributed by atoms with Crippen LogP contribution in [0.15, 0.2) is 48.8 Å². The molecule has 4 fully saturated rings. The summed E-state index contributed by atoms with van der Waals surface area (Å²) in [5.74, 6) is 0.671. The molecule has 1 amide bonds. The van der Waals surface area contributed by atoms with Crippen molar-refractivity contribution in [2.24, 2.45) is 5.92 Å². The third-order valence-electron chi connectivity index (χ3n) is 9.70. The van der Waals surface area contributed by atoms with E-state index in [-0.39, 0.29) is 29.7 Å². The maximum absolute atomic E-state index is 15.2. The predicted molar refractivity (Wildman–Crippen MR) is 172 cm³/mol. The van der Waals surface area contributed by atoms with E-state index in [0.29, 0.717) is 55.6 Å². The molecule has 3 aliphatic heterocycles. The Balaban J connectivity index is 0.955. The molecule has 1 aromatic heterocycles. The number of nitrogens with one attached hydrogen (secondary N) is 1. The Kier molecular flexibility index (Phi) is 9.15. The topological polar surface area (TPSA) is 140 Å². The van der Waals surface area contributed by atoms with Gasteiger partial charge >= 0.3 is 0 Å². The number of hydrogen-bond acceptors (Lipinski definition) is 11. The first-order valence-electron chi connectivity index (χ1n) is 16.4. The number of benzene rings is 2. The van der Waals surface area contributed by atoms with Gasteiger partial charge in [-0.3, -0.25) is 9.69 Å². The number of amides is 1. The lowest BCUT2D eigenvalue weighted by molar-refractivity contribution is -0.139. The van der Waals surface area contributed by atoms with Gasteiger partial charge in [0, 0.05) is 62.0 Å². The number of aromatic nitrogens is 3. The van der Waals surface area contributed by atoms with Gasteiger partial charge in [0.1, 0.15) is 24.3 Å². The molecule has 13 heteroatoms. The molecule has 1 aliphatic carbocycles. The van der Waals surface area contributed by atoms with Gasteiger partial charge in [0.15, 0.2) is 12.0 Å². The molecule has 246 valence electrons. The third kappa shape index (κ3) is 7.00. The van der Waals surface area contributed by atoms with Gasteiger partial charge < -0.3 is 29.7 Å². The minimum atomic E-state index is -1.39. The number of nitrogens with zero attached hydrogens (tertiary/aromatic N) is 7. The fraction of sp³-hybridized carbons (Fsp3) is 0.500. The van der Waals surface area contributed by atoms with Crippen LogP contribution >= 0.6 is 0 Å². The number of aliphatic hydroxyl groups excluding tert-OH is 1. The quantitative estimate of drug-likeness (QED) is 0.375. The van der Waals surface area contributed by atoms with Crippen LogP contribution in [0.3, 0.4) is 0 Å². The van der Waals surface area contributed by atoms with Gasteiger partial charge in [0.25, 0.3) is 0 Å². The molecule has 0 radical (unpaired) electrons. The van der Waals surface area contributed by atoms with E-state index < -0.39 is 18.4 Å². The summed E-state index contributed by atoms with van der Waals surface area (Å²) in [6, 6.07) is 15.9. The maximum atomic E-state index is 15.2. The second-order valence-corrected chi connectivity index (χ2v) is 12.8. The zero-order valence-electron chi connectivity index (χ0n) is 26.2. The number of rotatable bonds is 8. The molecule has 4 heterocycles. The molecule has 4 atom stereocenters. The smallest absolute Gasteiger partial charge is 0.230 e. The summed E-state index contributed by atoms with van der Waals surface area (Å²) in [5.41, 5.74) is 2.84. The maximum Gasteiger partial charge on any atom is 0.230 e. The molecule has 0 unspecified atom stereocenters. The van der Waals surface area contributed by atoms with Crippen LogP contribution in [0.2, 0.25) is 0 Å². The molecule has 0 spiro atoms. The number of anilines is 3. The molecular formula is C34H39FN8O4. The van der Waals surface area contributed by atoms with Crippen molar-refractivity contribution in [2.45, 2.75) is 50.1 Å². The standard InChI is InChI=1S/C34H39FN8O4/c35-29-18-43(33(45)23-1-7-28(44)16-23)10-9-31(29)47-30-8-2-22(15-24(30)17-36)32-37-21-38-34(40-32)39-25-3-5-26(6-4-25)41-11-13-42(14-12-41)27-19-46-20-27/h2-6,8,15,21,23,27-29,31,44H,1,7,9-14,16,18-20H2,(H,37,38,39,40)/t23-,28+,29+,31-/m0/s1. The number of likely N-dealkylation sites (tertiary alicyclic amines) is 1. The van der Waals surface area contributed by atoms with Crippen LogP contribution in [0.5, 0.6) is 5.75 Å². The van der Waals surface area contributed by atoms with Crippen LogP contribution in [0, 0.1) is 17.2 Å². The molecule has 0 bridgehead atoms. The fourth-order valence-corrected chi connectivity index (χ4v) is 6.84. The SMILES string of the molecule is N#Cc1cc(-c2ncnc(Nc3ccc(N4CCN(C5COC5)CC4)cc3)n2)ccc1O[C@H]1CCN(C(=O)[C@H]2CC[C@@H](O)C2)C[C@H]1F. The molecule has 2 aromatic carbocycles. The highest BCUT2D eigenvalue weighted by atomic mass is 19.1. The fourth-order valence-electron chi connectivity index (χ4n) is 6.84. The number of alkyl halides is 1. The van der Waals surface area contributed by atoms with Gasteiger partial charge in [0.05, 0.1) is 37.5 Å². The second kappa shape index (κ2) is 13.8. The molecule has 7 rings (SSSR count). The summed E-state index contributed by atoms with van der Waals surface area (Å²) in [6.07, 6.45) is 0.765. The number of carbonyl (C=O) groups excluding carboxylic acids is 1. The number of aliphatic hydroxyl groups is 1. The Hall–Kier alpha value is -4.38. The molecule has 3 aromatic rings. The molecule has 3 saturated heterocycles. The largest absolute Gasteiger partial charge is 0.486 e. The summed E-state index contributed by atoms with van der Waals surface area (Å²) < 4.78 is 26.5.